The number of rotatable bonds is 52. The number of esters is 4. The Balaban J connectivity index is 1.35. The second kappa shape index (κ2) is 45.0. The zero-order valence-corrected chi connectivity index (χ0v) is 52.9. The lowest BCUT2D eigenvalue weighted by Crippen LogP contribution is -2.47. The first-order valence-corrected chi connectivity index (χ1v) is 34.6. The average Bonchev–Trinajstić information content (AvgIpc) is 2.36. The van der Waals surface area contributed by atoms with Crippen molar-refractivity contribution in [2.75, 3.05) is 52.6 Å². The highest BCUT2D eigenvalue weighted by Crippen LogP contribution is 2.61. The van der Waals surface area contributed by atoms with E-state index in [0.717, 1.165) is 142 Å². The monoisotopic (exact) mass is 1150 g/mol. The molecule has 1 unspecified atom stereocenters. The number of carbonyl (C=O) groups excluding carboxylic acids is 5. The third-order valence-electron chi connectivity index (χ3n) is 18.3. The molecule has 5 aliphatic rings. The summed E-state index contributed by atoms with van der Waals surface area (Å²) in [5.41, 5.74) is -1.37. The van der Waals surface area contributed by atoms with Gasteiger partial charge in [0.2, 0.25) is 0 Å². The molecular weight excluding hydrogens is 1030 g/mol. The summed E-state index contributed by atoms with van der Waals surface area (Å²) in [5.74, 6) is 0.448. The number of allylic oxidation sites excluding steroid dienone is 4. The molecule has 5 rings (SSSR count). The van der Waals surface area contributed by atoms with Gasteiger partial charge in [-0.3, -0.25) is 19.2 Å². The summed E-state index contributed by atoms with van der Waals surface area (Å²) in [7, 11) is 0. The molecule has 0 aromatic heterocycles. The number of alkyl carbamates (subject to hydrolysis) is 1. The Labute approximate surface area is 500 Å². The summed E-state index contributed by atoms with van der Waals surface area (Å²) in [6, 6.07) is 0. The van der Waals surface area contributed by atoms with Crippen LogP contribution in [-0.2, 0) is 42.9 Å². The molecule has 472 valence electrons. The van der Waals surface area contributed by atoms with Gasteiger partial charge in [-0.1, -0.05) is 167 Å². The predicted molar refractivity (Wildman–Crippen MR) is 332 cm³/mol. The van der Waals surface area contributed by atoms with Crippen molar-refractivity contribution in [1.82, 2.24) is 10.2 Å². The minimum Gasteiger partial charge on any atom is -0.465 e. The molecule has 1 N–H and O–H groups in total. The number of hydrogen-bond acceptors (Lipinski definition) is 11. The molecule has 12 heteroatoms. The normalized spacial score (nSPS) is 20.0. The van der Waals surface area contributed by atoms with Crippen molar-refractivity contribution in [3.63, 3.8) is 0 Å². The van der Waals surface area contributed by atoms with Gasteiger partial charge in [-0.25, -0.2) is 4.79 Å². The van der Waals surface area contributed by atoms with Gasteiger partial charge in [0.05, 0.1) is 6.42 Å². The highest BCUT2D eigenvalue weighted by molar-refractivity contribution is 5.72. The van der Waals surface area contributed by atoms with E-state index in [0.29, 0.717) is 50.0 Å². The van der Waals surface area contributed by atoms with E-state index in [1.54, 1.807) is 0 Å². The van der Waals surface area contributed by atoms with Crippen molar-refractivity contribution < 1.29 is 47.7 Å². The minimum atomic E-state index is -1.32. The number of nitrogens with one attached hydrogen (secondary N) is 1. The largest absolute Gasteiger partial charge is 0.465 e. The van der Waals surface area contributed by atoms with Crippen LogP contribution in [0.5, 0.6) is 0 Å². The van der Waals surface area contributed by atoms with Crippen LogP contribution in [0.15, 0.2) is 24.3 Å². The quantitative estimate of drug-likeness (QED) is 0.0269. The van der Waals surface area contributed by atoms with Crippen LogP contribution in [0.3, 0.4) is 0 Å². The number of amides is 1. The predicted octanol–water partition coefficient (Wildman–Crippen LogP) is 17.8. The highest BCUT2D eigenvalue weighted by atomic mass is 16.6. The summed E-state index contributed by atoms with van der Waals surface area (Å²) in [6.45, 7) is 9.06. The van der Waals surface area contributed by atoms with Crippen molar-refractivity contribution in [3.8, 4) is 0 Å². The van der Waals surface area contributed by atoms with E-state index in [9.17, 15) is 24.0 Å². The van der Waals surface area contributed by atoms with Gasteiger partial charge in [0.15, 0.2) is 0 Å². The fourth-order valence-corrected chi connectivity index (χ4v) is 13.8. The Morgan fingerprint density at radius 1 is 0.476 bits per heavy atom. The van der Waals surface area contributed by atoms with Gasteiger partial charge in [-0.2, -0.15) is 0 Å². The van der Waals surface area contributed by atoms with Gasteiger partial charge in [-0.05, 0) is 171 Å². The topological polar surface area (TPSA) is 147 Å². The molecule has 4 bridgehead atoms. The number of unbranched alkanes of at least 4 members (excludes halogenated alkanes) is 25. The summed E-state index contributed by atoms with van der Waals surface area (Å²) in [6.07, 6.45) is 53.6. The van der Waals surface area contributed by atoms with Gasteiger partial charge in [0.1, 0.15) is 37.9 Å². The van der Waals surface area contributed by atoms with Crippen LogP contribution in [0, 0.1) is 28.6 Å². The number of ether oxygens (including phenoxy) is 5. The Morgan fingerprint density at radius 3 is 1.29 bits per heavy atom. The average molecular weight is 1150 g/mol. The Kier molecular flexibility index (Phi) is 39.0. The van der Waals surface area contributed by atoms with E-state index in [1.165, 1.54) is 109 Å². The van der Waals surface area contributed by atoms with Gasteiger partial charge in [-0.15, -0.1) is 0 Å². The van der Waals surface area contributed by atoms with Crippen molar-refractivity contribution in [2.24, 2.45) is 28.6 Å². The summed E-state index contributed by atoms with van der Waals surface area (Å²) in [5, 5.41) is 2.91. The molecule has 0 aromatic rings. The molecule has 1 atom stereocenters. The number of carbonyl (C=O) groups is 5. The molecule has 5 fully saturated rings. The van der Waals surface area contributed by atoms with E-state index in [-0.39, 0.29) is 75.4 Å². The van der Waals surface area contributed by atoms with Crippen LogP contribution >= 0.6 is 0 Å². The molecule has 1 heterocycles. The lowest BCUT2D eigenvalue weighted by molar-refractivity contribution is -0.173. The molecule has 4 saturated carbocycles. The van der Waals surface area contributed by atoms with Crippen molar-refractivity contribution >= 4 is 30.0 Å². The maximum Gasteiger partial charge on any atom is 0.407 e. The van der Waals surface area contributed by atoms with Crippen molar-refractivity contribution in [3.05, 3.63) is 24.3 Å². The molecule has 1 aliphatic heterocycles. The van der Waals surface area contributed by atoms with E-state index in [2.05, 4.69) is 55.3 Å². The molecule has 4 aliphatic carbocycles. The zero-order valence-electron chi connectivity index (χ0n) is 52.9. The number of hydrogen-bond donors (Lipinski definition) is 1. The number of likely N-dealkylation sites (tertiary alicyclic amines) is 1. The van der Waals surface area contributed by atoms with Crippen LogP contribution < -0.4 is 5.32 Å². The lowest BCUT2D eigenvalue weighted by Gasteiger charge is -2.56. The highest BCUT2D eigenvalue weighted by Gasteiger charge is 2.52. The second-order valence-electron chi connectivity index (χ2n) is 26.3. The molecule has 12 nitrogen and oxygen atoms in total. The maximum absolute atomic E-state index is 14.0. The number of nitrogens with zero attached hydrogens (tertiary/aromatic N) is 1. The molecular formula is C70H122N2O10. The first-order valence-electron chi connectivity index (χ1n) is 34.6. The summed E-state index contributed by atoms with van der Waals surface area (Å²) < 4.78 is 30.2. The lowest BCUT2D eigenvalue weighted by atomic mass is 9.49. The van der Waals surface area contributed by atoms with E-state index < -0.39 is 23.6 Å². The third kappa shape index (κ3) is 33.3. The molecule has 0 radical (unpaired) electrons. The molecule has 0 spiro atoms. The van der Waals surface area contributed by atoms with Gasteiger partial charge < -0.3 is 33.9 Å². The van der Waals surface area contributed by atoms with Crippen LogP contribution in [0.25, 0.3) is 0 Å². The van der Waals surface area contributed by atoms with Gasteiger partial charge in [0, 0.05) is 32.4 Å². The third-order valence-corrected chi connectivity index (χ3v) is 18.3. The van der Waals surface area contributed by atoms with Gasteiger partial charge >= 0.3 is 30.0 Å². The van der Waals surface area contributed by atoms with E-state index in [1.807, 2.05) is 0 Å². The standard InChI is InChI=1S/C70H122N2O10/c1-4-7-10-13-15-17-19-21-23-25-27-29-31-33-36-41-64(73)78-56-70(59-81-67(76)55-69-52-60-49-61(53-69)51-62(50-60)54-69,57-79-65(74)42-37-34-32-30-28-26-24-22-20-18-16-14-11-8-5-2)58-80-66(75)44-43-63(40-35-12-9-6-3)82-68(77)71-45-48-72-46-38-39-47-72/h21-24,60-63H,4-20,25-59H2,1-3H3,(H,71,77)/b23-21-,24-22-. The fourth-order valence-electron chi connectivity index (χ4n) is 13.8. The van der Waals surface area contributed by atoms with Crippen molar-refractivity contribution in [1.29, 1.82) is 0 Å². The second-order valence-corrected chi connectivity index (χ2v) is 26.3. The Hall–Kier alpha value is -3.41. The van der Waals surface area contributed by atoms with Crippen molar-refractivity contribution in [2.45, 2.75) is 309 Å². The first-order chi connectivity index (χ1) is 40.0. The maximum atomic E-state index is 14.0. The van der Waals surface area contributed by atoms with Gasteiger partial charge in [0.25, 0.3) is 0 Å². The minimum absolute atomic E-state index is 0.00801. The first kappa shape index (κ1) is 71.1. The van der Waals surface area contributed by atoms with E-state index in [4.69, 9.17) is 23.7 Å². The smallest absolute Gasteiger partial charge is 0.407 e. The van der Waals surface area contributed by atoms with Crippen LogP contribution in [0.1, 0.15) is 303 Å². The van der Waals surface area contributed by atoms with Crippen LogP contribution in [0.2, 0.25) is 0 Å². The van der Waals surface area contributed by atoms with Crippen LogP contribution in [0.4, 0.5) is 4.79 Å². The summed E-state index contributed by atoms with van der Waals surface area (Å²) in [4.78, 5) is 70.3. The zero-order chi connectivity index (χ0) is 58.6. The molecule has 1 saturated heterocycles. The Bertz CT molecular complexity index is 1670. The molecule has 1 amide bonds. The molecule has 82 heavy (non-hydrogen) atoms. The molecule has 0 aromatic carbocycles. The van der Waals surface area contributed by atoms with Crippen LogP contribution in [-0.4, -0.2) is 93.6 Å². The SMILES string of the molecule is CCCCCCCC/C=C\CCCCCCCC(=O)OCC(COC(=O)CCCCCCC/C=C\CCCCCCCC)(COC(=O)CCC(CCCCCC)OC(=O)NCCN1CCCC1)COC(=O)CC12CC3CC(CC(C3)C1)C2. The Morgan fingerprint density at radius 2 is 0.854 bits per heavy atom. The van der Waals surface area contributed by atoms with E-state index >= 15 is 0 Å². The fraction of sp³-hybridized carbons (Fsp3) is 0.871. The summed E-state index contributed by atoms with van der Waals surface area (Å²) >= 11 is 0.